The van der Waals surface area contributed by atoms with E-state index in [2.05, 4.69) is 32.8 Å². The normalized spacial score (nSPS) is 12.7. The van der Waals surface area contributed by atoms with Crippen molar-refractivity contribution in [1.82, 2.24) is 10.6 Å². The fraction of sp³-hybridized carbons (Fsp3) is 0.214. The van der Waals surface area contributed by atoms with Gasteiger partial charge in [-0.15, -0.1) is 0 Å². The van der Waals surface area contributed by atoms with E-state index in [4.69, 9.17) is 28.6 Å². The van der Waals surface area contributed by atoms with Crippen molar-refractivity contribution in [3.8, 4) is 5.75 Å². The maximum atomic E-state index is 6.06. The lowest BCUT2D eigenvalue weighted by atomic mass is 10.2. The van der Waals surface area contributed by atoms with E-state index in [1.165, 1.54) is 5.56 Å². The van der Waals surface area contributed by atoms with Crippen molar-refractivity contribution in [1.29, 1.82) is 0 Å². The molecule has 0 saturated heterocycles. The molecule has 3 rings (SSSR count). The summed E-state index contributed by atoms with van der Waals surface area (Å²) >= 11 is 12.8. The van der Waals surface area contributed by atoms with Crippen LogP contribution in [-0.4, -0.2) is 18.3 Å². The predicted molar refractivity (Wildman–Crippen MR) is 91.0 cm³/mol. The lowest BCUT2D eigenvalue weighted by Gasteiger charge is -2.10. The highest BCUT2D eigenvalue weighted by atomic mass is 35.5. The Labute approximate surface area is 137 Å². The predicted octanol–water partition coefficient (Wildman–Crippen LogP) is 3.52. The van der Waals surface area contributed by atoms with Gasteiger partial charge < -0.3 is 15.4 Å². The molecule has 109 valence electrons. The first-order chi connectivity index (χ1) is 10.2. The summed E-state index contributed by atoms with van der Waals surface area (Å²) in [4.78, 5) is 0. The Kier molecular flexibility index (Phi) is 4.60. The number of nitrogens with one attached hydrogen (secondary N) is 2. The maximum absolute atomic E-state index is 6.06. The Morgan fingerprint density at radius 1 is 1.43 bits per heavy atom. The lowest BCUT2D eigenvalue weighted by Crippen LogP contribution is -2.20. The number of anilines is 1. The number of fused-ring (bicyclic) bond motifs is 1. The van der Waals surface area contributed by atoms with Crippen molar-refractivity contribution in [2.24, 2.45) is 0 Å². The van der Waals surface area contributed by atoms with E-state index in [-0.39, 0.29) is 0 Å². The number of thiocarbonyl (C=S) groups is 1. The molecule has 1 aliphatic rings. The molecule has 0 spiro atoms. The number of halogens is 1. The second-order valence-corrected chi connectivity index (χ2v) is 6.10. The molecule has 0 bridgehead atoms. The van der Waals surface area contributed by atoms with E-state index in [1.54, 1.807) is 23.5 Å². The molecule has 1 aliphatic heterocycles. The molecule has 0 atom stereocenters. The van der Waals surface area contributed by atoms with Gasteiger partial charge in [0, 0.05) is 24.2 Å². The fourth-order valence-corrected chi connectivity index (χ4v) is 3.08. The highest BCUT2D eigenvalue weighted by Crippen LogP contribution is 2.39. The van der Waals surface area contributed by atoms with Crippen LogP contribution in [-0.2, 0) is 6.54 Å². The van der Waals surface area contributed by atoms with Gasteiger partial charge in [-0.2, -0.15) is 11.3 Å². The van der Waals surface area contributed by atoms with Gasteiger partial charge in [0.1, 0.15) is 18.0 Å². The van der Waals surface area contributed by atoms with Crippen LogP contribution in [0.15, 0.2) is 29.0 Å². The van der Waals surface area contributed by atoms with Crippen molar-refractivity contribution in [3.63, 3.8) is 0 Å². The number of ether oxygens (including phenoxy) is 1. The Hall–Kier alpha value is -1.34. The largest absolute Gasteiger partial charge is 0.490 e. The first-order valence-corrected chi connectivity index (χ1v) is 8.16. The number of benzene rings is 1. The molecule has 4 nitrogen and oxygen atoms in total. The van der Waals surface area contributed by atoms with E-state index in [0.717, 1.165) is 24.5 Å². The Balaban J connectivity index is 1.53. The topological polar surface area (TPSA) is 47.4 Å². The summed E-state index contributed by atoms with van der Waals surface area (Å²) in [5.74, 6) is 0.655. The van der Waals surface area contributed by atoms with Crippen LogP contribution < -0.4 is 20.7 Å². The Morgan fingerprint density at radius 3 is 3.14 bits per heavy atom. The lowest BCUT2D eigenvalue weighted by molar-refractivity contribution is 0.314. The van der Waals surface area contributed by atoms with E-state index in [1.807, 2.05) is 0 Å². The second-order valence-electron chi connectivity index (χ2n) is 4.50. The van der Waals surface area contributed by atoms with Gasteiger partial charge in [-0.25, -0.2) is 5.32 Å². The number of nitrogens with zero attached hydrogens (tertiary/aromatic N) is 1. The summed E-state index contributed by atoms with van der Waals surface area (Å²) in [7, 11) is 0. The zero-order valence-corrected chi connectivity index (χ0v) is 13.4. The van der Waals surface area contributed by atoms with Gasteiger partial charge in [-0.1, -0.05) is 11.6 Å². The Bertz CT molecular complexity index is 646. The minimum Gasteiger partial charge on any atom is -0.490 e. The molecular weight excluding hydrogens is 326 g/mol. The summed E-state index contributed by atoms with van der Waals surface area (Å²) in [5, 5.41) is 15.8. The number of hydrogen-bond donors (Lipinski definition) is 2. The van der Waals surface area contributed by atoms with E-state index < -0.39 is 0 Å². The van der Waals surface area contributed by atoms with Crippen molar-refractivity contribution < 1.29 is 4.74 Å². The minimum atomic E-state index is 0.438. The summed E-state index contributed by atoms with van der Waals surface area (Å²) < 4.78 is 5.76. The first kappa shape index (κ1) is 14.6. The number of hydrogen-bond acceptors (Lipinski definition) is 4. The highest BCUT2D eigenvalue weighted by Gasteiger charge is 2.21. The zero-order chi connectivity index (χ0) is 14.7. The van der Waals surface area contributed by atoms with Crippen molar-refractivity contribution >= 4 is 51.6 Å². The third-order valence-corrected chi connectivity index (χ3v) is 4.08. The smallest absolute Gasteiger partial charge is 0.198 e. The Morgan fingerprint density at radius 2 is 2.33 bits per heavy atom. The third kappa shape index (κ3) is 3.65. The highest BCUT2D eigenvalue weighted by molar-refractivity contribution is 7.80. The summed E-state index contributed by atoms with van der Waals surface area (Å²) in [6.45, 7) is 2.13. The standard InChI is InChI=1S/C14H13ClN3OS2/c15-10-5-11-13(18-14(20)17-11)12(6-10)19-3-2-16-7-9-1-4-21-8-9/h1,4-6,8,16H,2-3,7H2,(H,17,20). The average molecular weight is 339 g/mol. The van der Waals surface area contributed by atoms with Crippen LogP contribution in [0.2, 0.25) is 5.02 Å². The van der Waals surface area contributed by atoms with Crippen molar-refractivity contribution in [2.75, 3.05) is 18.5 Å². The second kappa shape index (κ2) is 6.62. The molecule has 1 aromatic carbocycles. The van der Waals surface area contributed by atoms with Crippen LogP contribution >= 0.6 is 35.2 Å². The molecule has 2 aromatic rings. The monoisotopic (exact) mass is 338 g/mol. The average Bonchev–Trinajstić information content (AvgIpc) is 3.06. The van der Waals surface area contributed by atoms with Gasteiger partial charge in [0.15, 0.2) is 5.11 Å². The molecule has 0 unspecified atom stereocenters. The number of thiophene rings is 1. The molecule has 1 radical (unpaired) electrons. The molecule has 0 amide bonds. The van der Waals surface area contributed by atoms with Crippen LogP contribution in [0.5, 0.6) is 5.75 Å². The summed E-state index contributed by atoms with van der Waals surface area (Å²) in [5.41, 5.74) is 2.81. The van der Waals surface area contributed by atoms with Crippen LogP contribution in [0.4, 0.5) is 11.4 Å². The van der Waals surface area contributed by atoms with Crippen molar-refractivity contribution in [2.45, 2.75) is 6.54 Å². The van der Waals surface area contributed by atoms with Crippen LogP contribution in [0.3, 0.4) is 0 Å². The van der Waals surface area contributed by atoms with Gasteiger partial charge in [0.05, 0.1) is 5.69 Å². The summed E-state index contributed by atoms with van der Waals surface area (Å²) in [6, 6.07) is 5.66. The molecule has 1 aromatic heterocycles. The molecule has 0 fully saturated rings. The van der Waals surface area contributed by atoms with E-state index in [9.17, 15) is 0 Å². The van der Waals surface area contributed by atoms with Gasteiger partial charge in [-0.05, 0) is 40.7 Å². The molecule has 2 N–H and O–H groups in total. The minimum absolute atomic E-state index is 0.438. The quantitative estimate of drug-likeness (QED) is 0.625. The third-order valence-electron chi connectivity index (χ3n) is 2.94. The molecular formula is C14H13ClN3OS2. The SMILES string of the molecule is S=C1[N]c2c(cc(Cl)cc2OCCNCc2ccsc2)N1. The van der Waals surface area contributed by atoms with E-state index in [0.29, 0.717) is 22.5 Å². The van der Waals surface area contributed by atoms with Gasteiger partial charge in [0.25, 0.3) is 0 Å². The van der Waals surface area contributed by atoms with Gasteiger partial charge in [0.2, 0.25) is 0 Å². The van der Waals surface area contributed by atoms with Gasteiger partial charge in [-0.3, -0.25) is 0 Å². The van der Waals surface area contributed by atoms with Crippen LogP contribution in [0.1, 0.15) is 5.56 Å². The first-order valence-electron chi connectivity index (χ1n) is 6.43. The summed E-state index contributed by atoms with van der Waals surface area (Å²) in [6.07, 6.45) is 0. The van der Waals surface area contributed by atoms with E-state index >= 15 is 0 Å². The van der Waals surface area contributed by atoms with Gasteiger partial charge >= 0.3 is 0 Å². The molecule has 7 heteroatoms. The molecule has 0 aliphatic carbocycles. The zero-order valence-electron chi connectivity index (χ0n) is 11.1. The maximum Gasteiger partial charge on any atom is 0.198 e. The van der Waals surface area contributed by atoms with Crippen molar-refractivity contribution in [3.05, 3.63) is 39.5 Å². The molecule has 21 heavy (non-hydrogen) atoms. The number of rotatable bonds is 6. The van der Waals surface area contributed by atoms with Crippen LogP contribution in [0, 0.1) is 0 Å². The fourth-order valence-electron chi connectivity index (χ4n) is 2.00. The van der Waals surface area contributed by atoms with Crippen LogP contribution in [0.25, 0.3) is 0 Å². The molecule has 2 heterocycles. The molecule has 0 saturated carbocycles.